The predicted octanol–water partition coefficient (Wildman–Crippen LogP) is 4.10. The number of ether oxygens (including phenoxy) is 1. The Kier molecular flexibility index (Phi) is 3.86. The lowest BCUT2D eigenvalue weighted by atomic mass is 10.2. The van der Waals surface area contributed by atoms with Gasteiger partial charge in [-0.25, -0.2) is 0 Å². The van der Waals surface area contributed by atoms with E-state index in [1.807, 2.05) is 22.6 Å². The van der Waals surface area contributed by atoms with E-state index in [4.69, 9.17) is 4.74 Å². The lowest BCUT2D eigenvalue weighted by Crippen LogP contribution is -2.09. The molecule has 0 N–H and O–H groups in total. The van der Waals surface area contributed by atoms with E-state index in [9.17, 15) is 13.2 Å². The second-order valence-electron chi connectivity index (χ2n) is 3.34. The van der Waals surface area contributed by atoms with E-state index in [-0.39, 0.29) is 11.9 Å². The average Bonchev–Trinajstić information content (AvgIpc) is 1.99. The van der Waals surface area contributed by atoms with Crippen LogP contribution in [0.25, 0.3) is 0 Å². The molecule has 0 bridgehead atoms. The van der Waals surface area contributed by atoms with Gasteiger partial charge in [0.05, 0.1) is 11.7 Å². The Morgan fingerprint density at radius 1 is 1.20 bits per heavy atom. The number of hydrogen-bond acceptors (Lipinski definition) is 1. The highest BCUT2D eigenvalue weighted by Gasteiger charge is 2.31. The maximum Gasteiger partial charge on any atom is 0.416 e. The first-order valence-electron chi connectivity index (χ1n) is 4.33. The Hall–Kier alpha value is -0.460. The highest BCUT2D eigenvalue weighted by molar-refractivity contribution is 14.1. The number of hydrogen-bond donors (Lipinski definition) is 0. The van der Waals surface area contributed by atoms with Crippen molar-refractivity contribution in [1.82, 2.24) is 0 Å². The molecule has 0 heterocycles. The van der Waals surface area contributed by atoms with Crippen molar-refractivity contribution >= 4 is 22.6 Å². The molecule has 0 aliphatic rings. The van der Waals surface area contributed by atoms with Crippen LogP contribution in [0, 0.1) is 3.57 Å². The fraction of sp³-hybridized carbons (Fsp3) is 0.400. The smallest absolute Gasteiger partial charge is 0.416 e. The summed E-state index contributed by atoms with van der Waals surface area (Å²) in [4.78, 5) is 0. The summed E-state index contributed by atoms with van der Waals surface area (Å²) in [6.45, 7) is 3.54. The Morgan fingerprint density at radius 3 is 2.27 bits per heavy atom. The van der Waals surface area contributed by atoms with Gasteiger partial charge in [0.1, 0.15) is 5.75 Å². The molecule has 0 aliphatic carbocycles. The lowest BCUT2D eigenvalue weighted by molar-refractivity contribution is -0.137. The van der Waals surface area contributed by atoms with Crippen molar-refractivity contribution in [2.24, 2.45) is 0 Å². The molecule has 0 atom stereocenters. The quantitative estimate of drug-likeness (QED) is 0.742. The van der Waals surface area contributed by atoms with E-state index < -0.39 is 11.7 Å². The maximum absolute atomic E-state index is 12.4. The number of alkyl halides is 3. The largest absolute Gasteiger partial charge is 0.491 e. The van der Waals surface area contributed by atoms with Gasteiger partial charge in [0.25, 0.3) is 0 Å². The highest BCUT2D eigenvalue weighted by Crippen LogP contribution is 2.33. The van der Waals surface area contributed by atoms with Crippen LogP contribution in [0.15, 0.2) is 18.2 Å². The van der Waals surface area contributed by atoms with Gasteiger partial charge in [-0.2, -0.15) is 13.2 Å². The van der Waals surface area contributed by atoms with Gasteiger partial charge in [-0.1, -0.05) is 0 Å². The molecule has 0 saturated heterocycles. The van der Waals surface area contributed by atoms with Gasteiger partial charge in [-0.15, -0.1) is 0 Å². The van der Waals surface area contributed by atoms with E-state index >= 15 is 0 Å². The monoisotopic (exact) mass is 330 g/mol. The molecule has 0 aromatic heterocycles. The van der Waals surface area contributed by atoms with Gasteiger partial charge in [-0.3, -0.25) is 0 Å². The fourth-order valence-corrected chi connectivity index (χ4v) is 1.71. The van der Waals surface area contributed by atoms with Gasteiger partial charge in [0.15, 0.2) is 0 Å². The molecule has 0 aliphatic heterocycles. The standard InChI is InChI=1S/C10H10F3IO/c1-6(2)15-9-4-7(10(11,12)13)3-8(14)5-9/h3-6H,1-2H3. The molecule has 0 amide bonds. The lowest BCUT2D eigenvalue weighted by Gasteiger charge is -2.13. The Balaban J connectivity index is 3.06. The minimum Gasteiger partial charge on any atom is -0.491 e. The number of rotatable bonds is 2. The van der Waals surface area contributed by atoms with Crippen LogP contribution in [0.4, 0.5) is 13.2 Å². The molecule has 15 heavy (non-hydrogen) atoms. The zero-order valence-corrected chi connectivity index (χ0v) is 10.4. The van der Waals surface area contributed by atoms with Crippen LogP contribution in [-0.4, -0.2) is 6.10 Å². The first-order valence-corrected chi connectivity index (χ1v) is 5.41. The van der Waals surface area contributed by atoms with Gasteiger partial charge >= 0.3 is 6.18 Å². The van der Waals surface area contributed by atoms with E-state index in [1.54, 1.807) is 19.9 Å². The summed E-state index contributed by atoms with van der Waals surface area (Å²) >= 11 is 1.84. The van der Waals surface area contributed by atoms with Crippen LogP contribution >= 0.6 is 22.6 Å². The van der Waals surface area contributed by atoms with Crippen molar-refractivity contribution in [3.8, 4) is 5.75 Å². The molecule has 5 heteroatoms. The molecule has 1 rings (SSSR count). The second kappa shape index (κ2) is 4.59. The van der Waals surface area contributed by atoms with E-state index in [2.05, 4.69) is 0 Å². The van der Waals surface area contributed by atoms with Gasteiger partial charge in [0.2, 0.25) is 0 Å². The third-order valence-corrected chi connectivity index (χ3v) is 2.19. The van der Waals surface area contributed by atoms with Crippen LogP contribution in [0.5, 0.6) is 5.75 Å². The molecule has 0 spiro atoms. The Morgan fingerprint density at radius 2 is 1.80 bits per heavy atom. The van der Waals surface area contributed by atoms with Gasteiger partial charge in [0, 0.05) is 3.57 Å². The van der Waals surface area contributed by atoms with Crippen LogP contribution in [0.2, 0.25) is 0 Å². The minimum absolute atomic E-state index is 0.135. The molecule has 0 saturated carbocycles. The van der Waals surface area contributed by atoms with E-state index in [1.165, 1.54) is 0 Å². The summed E-state index contributed by atoms with van der Waals surface area (Å²) < 4.78 is 43.0. The molecule has 0 radical (unpaired) electrons. The highest BCUT2D eigenvalue weighted by atomic mass is 127. The second-order valence-corrected chi connectivity index (χ2v) is 4.59. The predicted molar refractivity (Wildman–Crippen MR) is 59.9 cm³/mol. The van der Waals surface area contributed by atoms with Gasteiger partial charge < -0.3 is 4.74 Å². The molecule has 1 aromatic rings. The van der Waals surface area contributed by atoms with Crippen molar-refractivity contribution in [1.29, 1.82) is 0 Å². The molecule has 1 aromatic carbocycles. The fourth-order valence-electron chi connectivity index (χ4n) is 1.07. The maximum atomic E-state index is 12.4. The minimum atomic E-state index is -4.32. The van der Waals surface area contributed by atoms with Crippen LogP contribution in [-0.2, 0) is 6.18 Å². The van der Waals surface area contributed by atoms with Crippen LogP contribution in [0.3, 0.4) is 0 Å². The molecule has 1 nitrogen and oxygen atoms in total. The molecular formula is C10H10F3IO. The molecule has 84 valence electrons. The summed E-state index contributed by atoms with van der Waals surface area (Å²) in [5, 5.41) is 0. The average molecular weight is 330 g/mol. The van der Waals surface area contributed by atoms with Crippen molar-refractivity contribution in [2.45, 2.75) is 26.1 Å². The van der Waals surface area contributed by atoms with Crippen molar-refractivity contribution in [3.63, 3.8) is 0 Å². The number of halogens is 4. The number of benzene rings is 1. The first kappa shape index (κ1) is 12.6. The van der Waals surface area contributed by atoms with Crippen molar-refractivity contribution < 1.29 is 17.9 Å². The molecule has 0 fully saturated rings. The summed E-state index contributed by atoms with van der Waals surface area (Å²) in [5.74, 6) is 0.254. The summed E-state index contributed by atoms with van der Waals surface area (Å²) in [6, 6.07) is 3.69. The van der Waals surface area contributed by atoms with Crippen molar-refractivity contribution in [3.05, 3.63) is 27.3 Å². The first-order chi connectivity index (χ1) is 6.79. The third-order valence-electron chi connectivity index (χ3n) is 1.57. The van der Waals surface area contributed by atoms with E-state index in [0.717, 1.165) is 12.1 Å². The van der Waals surface area contributed by atoms with Crippen molar-refractivity contribution in [2.75, 3.05) is 0 Å². The summed E-state index contributed by atoms with van der Waals surface area (Å²) in [5.41, 5.74) is -0.676. The molecular weight excluding hydrogens is 320 g/mol. The SMILES string of the molecule is CC(C)Oc1cc(I)cc(C(F)(F)F)c1. The van der Waals surface area contributed by atoms with Crippen LogP contribution < -0.4 is 4.74 Å². The topological polar surface area (TPSA) is 9.23 Å². The third kappa shape index (κ3) is 3.89. The summed E-state index contributed by atoms with van der Waals surface area (Å²) in [6.07, 6.45) is -4.46. The zero-order chi connectivity index (χ0) is 11.6. The van der Waals surface area contributed by atoms with E-state index in [0.29, 0.717) is 3.57 Å². The Bertz CT molecular complexity index is 347. The molecule has 0 unspecified atom stereocenters. The zero-order valence-electron chi connectivity index (χ0n) is 8.23. The Labute approximate surface area is 99.8 Å². The van der Waals surface area contributed by atoms with Gasteiger partial charge in [-0.05, 0) is 54.6 Å². The van der Waals surface area contributed by atoms with Crippen LogP contribution in [0.1, 0.15) is 19.4 Å². The summed E-state index contributed by atoms with van der Waals surface area (Å²) in [7, 11) is 0. The normalized spacial score (nSPS) is 11.9.